The van der Waals surface area contributed by atoms with E-state index in [0.29, 0.717) is 0 Å². The first-order valence-electron chi connectivity index (χ1n) is 7.23. The Kier molecular flexibility index (Phi) is 4.39. The van der Waals surface area contributed by atoms with E-state index in [0.717, 1.165) is 30.3 Å². The minimum absolute atomic E-state index is 0.521. The maximum atomic E-state index is 12.0. The van der Waals surface area contributed by atoms with Crippen LogP contribution in [-0.2, 0) is 10.2 Å². The highest BCUT2D eigenvalue weighted by Crippen LogP contribution is 2.35. The summed E-state index contributed by atoms with van der Waals surface area (Å²) in [6.45, 7) is 6.30. The van der Waals surface area contributed by atoms with Gasteiger partial charge in [0, 0.05) is 0 Å². The second-order valence-electron chi connectivity index (χ2n) is 5.58. The summed E-state index contributed by atoms with van der Waals surface area (Å²) in [4.78, 5) is 12.0. The van der Waals surface area contributed by atoms with Crippen LogP contribution in [0.25, 0.3) is 0 Å². The van der Waals surface area contributed by atoms with Crippen LogP contribution in [0.1, 0.15) is 42.0 Å². The molecule has 0 aromatic heterocycles. The van der Waals surface area contributed by atoms with Gasteiger partial charge in [0.2, 0.25) is 0 Å². The van der Waals surface area contributed by atoms with Crippen molar-refractivity contribution in [3.63, 3.8) is 0 Å². The Hall–Kier alpha value is -1.89. The molecular formula is C19H22O. The number of benzene rings is 2. The van der Waals surface area contributed by atoms with Crippen molar-refractivity contribution in [1.82, 2.24) is 0 Å². The van der Waals surface area contributed by atoms with E-state index in [1.54, 1.807) is 0 Å². The van der Waals surface area contributed by atoms with Crippen LogP contribution in [-0.4, -0.2) is 6.29 Å². The predicted molar refractivity (Wildman–Crippen MR) is 84.1 cm³/mol. The molecule has 0 aliphatic heterocycles. The minimum atomic E-state index is -0.521. The zero-order valence-electron chi connectivity index (χ0n) is 12.5. The lowest BCUT2D eigenvalue weighted by Crippen LogP contribution is -2.29. The third-order valence-corrected chi connectivity index (χ3v) is 3.87. The Morgan fingerprint density at radius 2 is 1.55 bits per heavy atom. The maximum absolute atomic E-state index is 12.0. The Morgan fingerprint density at radius 3 is 2.05 bits per heavy atom. The fourth-order valence-electron chi connectivity index (χ4n) is 3.01. The van der Waals surface area contributed by atoms with Crippen LogP contribution in [0.15, 0.2) is 48.5 Å². The molecule has 1 atom stereocenters. The topological polar surface area (TPSA) is 17.1 Å². The second-order valence-corrected chi connectivity index (χ2v) is 5.58. The van der Waals surface area contributed by atoms with Crippen LogP contribution in [0.2, 0.25) is 0 Å². The molecule has 2 aromatic rings. The average molecular weight is 266 g/mol. The molecule has 1 heteroatoms. The molecule has 0 spiro atoms. The van der Waals surface area contributed by atoms with E-state index >= 15 is 0 Å². The van der Waals surface area contributed by atoms with E-state index in [4.69, 9.17) is 0 Å². The van der Waals surface area contributed by atoms with Gasteiger partial charge in [0.25, 0.3) is 0 Å². The van der Waals surface area contributed by atoms with E-state index in [9.17, 15) is 4.79 Å². The molecule has 0 bridgehead atoms. The summed E-state index contributed by atoms with van der Waals surface area (Å²) in [5.41, 5.74) is 4.09. The van der Waals surface area contributed by atoms with Gasteiger partial charge in [-0.1, -0.05) is 73.0 Å². The Bertz CT molecular complexity index is 566. The minimum Gasteiger partial charge on any atom is -0.302 e. The van der Waals surface area contributed by atoms with Gasteiger partial charge >= 0.3 is 0 Å². The number of hydrogen-bond donors (Lipinski definition) is 0. The fourth-order valence-corrected chi connectivity index (χ4v) is 3.01. The van der Waals surface area contributed by atoms with Gasteiger partial charge in [0.1, 0.15) is 6.29 Å². The highest BCUT2D eigenvalue weighted by atomic mass is 16.1. The molecule has 0 aliphatic rings. The molecule has 2 rings (SSSR count). The summed E-state index contributed by atoms with van der Waals surface area (Å²) < 4.78 is 0. The highest BCUT2D eigenvalue weighted by molar-refractivity contribution is 5.75. The standard InChI is InChI=1S/C19H22O/c1-4-10-19(14-20,17-8-6-5-7-9-17)18-12-15(2)11-16(3)13-18/h5-9,11-14H,4,10H2,1-3H3. The van der Waals surface area contributed by atoms with E-state index in [-0.39, 0.29) is 0 Å². The van der Waals surface area contributed by atoms with Crippen LogP contribution in [0, 0.1) is 13.8 Å². The molecule has 1 unspecified atom stereocenters. The summed E-state index contributed by atoms with van der Waals surface area (Å²) >= 11 is 0. The molecule has 0 amide bonds. The number of carbonyl (C=O) groups is 1. The average Bonchev–Trinajstić information content (AvgIpc) is 2.44. The smallest absolute Gasteiger partial charge is 0.134 e. The third kappa shape index (κ3) is 2.67. The van der Waals surface area contributed by atoms with Crippen molar-refractivity contribution in [2.24, 2.45) is 0 Å². The molecule has 0 heterocycles. The normalized spacial score (nSPS) is 13.8. The molecule has 1 nitrogen and oxygen atoms in total. The van der Waals surface area contributed by atoms with Gasteiger partial charge in [-0.25, -0.2) is 0 Å². The lowest BCUT2D eigenvalue weighted by Gasteiger charge is -2.29. The highest BCUT2D eigenvalue weighted by Gasteiger charge is 2.33. The first-order chi connectivity index (χ1) is 9.62. The van der Waals surface area contributed by atoms with Crippen molar-refractivity contribution in [2.45, 2.75) is 39.0 Å². The Balaban J connectivity index is 2.65. The third-order valence-electron chi connectivity index (χ3n) is 3.87. The van der Waals surface area contributed by atoms with Gasteiger partial charge in [-0.15, -0.1) is 0 Å². The molecule has 0 aliphatic carbocycles. The van der Waals surface area contributed by atoms with Crippen molar-refractivity contribution in [3.8, 4) is 0 Å². The van der Waals surface area contributed by atoms with E-state index in [1.807, 2.05) is 18.2 Å². The second kappa shape index (κ2) is 6.04. The summed E-state index contributed by atoms with van der Waals surface area (Å²) in [6.07, 6.45) is 2.93. The molecule has 0 fully saturated rings. The molecular weight excluding hydrogens is 244 g/mol. The van der Waals surface area contributed by atoms with E-state index in [2.05, 4.69) is 51.1 Å². The van der Waals surface area contributed by atoms with Crippen LogP contribution >= 0.6 is 0 Å². The lowest BCUT2D eigenvalue weighted by atomic mass is 9.72. The molecule has 2 aromatic carbocycles. The van der Waals surface area contributed by atoms with Crippen LogP contribution in [0.4, 0.5) is 0 Å². The van der Waals surface area contributed by atoms with Crippen LogP contribution in [0.3, 0.4) is 0 Å². The predicted octanol–water partition coefficient (Wildman–Crippen LogP) is 4.59. The molecule has 0 saturated carbocycles. The number of rotatable bonds is 5. The number of aryl methyl sites for hydroxylation is 2. The SMILES string of the molecule is CCCC(C=O)(c1ccccc1)c1cc(C)cc(C)c1. The first kappa shape index (κ1) is 14.5. The van der Waals surface area contributed by atoms with Gasteiger partial charge in [0.05, 0.1) is 5.41 Å². The van der Waals surface area contributed by atoms with Gasteiger partial charge < -0.3 is 4.79 Å². The zero-order chi connectivity index (χ0) is 14.6. The summed E-state index contributed by atoms with van der Waals surface area (Å²) in [5.74, 6) is 0. The summed E-state index contributed by atoms with van der Waals surface area (Å²) in [5, 5.41) is 0. The van der Waals surface area contributed by atoms with Gasteiger partial charge in [-0.3, -0.25) is 0 Å². The lowest BCUT2D eigenvalue weighted by molar-refractivity contribution is -0.111. The Labute approximate surface area is 121 Å². The number of hydrogen-bond acceptors (Lipinski definition) is 1. The first-order valence-corrected chi connectivity index (χ1v) is 7.23. The van der Waals surface area contributed by atoms with Gasteiger partial charge in [-0.05, 0) is 31.4 Å². The molecule has 20 heavy (non-hydrogen) atoms. The van der Waals surface area contributed by atoms with Crippen molar-refractivity contribution in [3.05, 3.63) is 70.8 Å². The summed E-state index contributed by atoms with van der Waals surface area (Å²) in [7, 11) is 0. The van der Waals surface area contributed by atoms with Gasteiger partial charge in [-0.2, -0.15) is 0 Å². The maximum Gasteiger partial charge on any atom is 0.134 e. The van der Waals surface area contributed by atoms with E-state index < -0.39 is 5.41 Å². The quantitative estimate of drug-likeness (QED) is 0.723. The van der Waals surface area contributed by atoms with Crippen molar-refractivity contribution < 1.29 is 4.79 Å². The van der Waals surface area contributed by atoms with Crippen molar-refractivity contribution in [1.29, 1.82) is 0 Å². The Morgan fingerprint density at radius 1 is 0.950 bits per heavy atom. The zero-order valence-corrected chi connectivity index (χ0v) is 12.5. The number of carbonyl (C=O) groups excluding carboxylic acids is 1. The van der Waals surface area contributed by atoms with E-state index in [1.165, 1.54) is 11.1 Å². The largest absolute Gasteiger partial charge is 0.302 e. The van der Waals surface area contributed by atoms with Crippen molar-refractivity contribution in [2.75, 3.05) is 0 Å². The number of aldehydes is 1. The molecule has 104 valence electrons. The van der Waals surface area contributed by atoms with Crippen LogP contribution < -0.4 is 0 Å². The van der Waals surface area contributed by atoms with Crippen molar-refractivity contribution >= 4 is 6.29 Å². The van der Waals surface area contributed by atoms with Crippen LogP contribution in [0.5, 0.6) is 0 Å². The molecule has 0 N–H and O–H groups in total. The van der Waals surface area contributed by atoms with Gasteiger partial charge in [0.15, 0.2) is 0 Å². The summed E-state index contributed by atoms with van der Waals surface area (Å²) in [6, 6.07) is 16.6. The molecule has 0 radical (unpaired) electrons. The molecule has 0 saturated heterocycles. The fraction of sp³-hybridized carbons (Fsp3) is 0.316. The monoisotopic (exact) mass is 266 g/mol.